The third-order valence-corrected chi connectivity index (χ3v) is 6.78. The molecule has 0 spiro atoms. The van der Waals surface area contributed by atoms with Gasteiger partial charge in [0.2, 0.25) is 5.91 Å². The molecule has 154 valence electrons. The predicted molar refractivity (Wildman–Crippen MR) is 111 cm³/mol. The molecule has 0 unspecified atom stereocenters. The summed E-state index contributed by atoms with van der Waals surface area (Å²) in [5.41, 5.74) is 1.28. The molecular weight excluding hydrogens is 350 g/mol. The average molecular weight is 386 g/mol. The van der Waals surface area contributed by atoms with Crippen molar-refractivity contribution in [3.63, 3.8) is 0 Å². The minimum Gasteiger partial charge on any atom is -0.356 e. The minimum atomic E-state index is 0.225. The average Bonchev–Trinajstić information content (AvgIpc) is 3.29. The van der Waals surface area contributed by atoms with E-state index < -0.39 is 0 Å². The standard InChI is InChI=1S/C22H35N5O/c1-2-6-18-15-23-17-24-21(18)25-13-8-20(9-14-25)27-12-5-7-19(16-27)22(28)26-10-3-4-11-26/h15,17,19-20H,2-14,16H2,1H3/t19-/m0/s1. The lowest BCUT2D eigenvalue weighted by molar-refractivity contribution is -0.136. The molecule has 0 saturated carbocycles. The van der Waals surface area contributed by atoms with Crippen molar-refractivity contribution in [2.45, 2.75) is 64.3 Å². The fourth-order valence-electron chi connectivity index (χ4n) is 5.26. The van der Waals surface area contributed by atoms with E-state index in [9.17, 15) is 4.79 Å². The Morgan fingerprint density at radius 2 is 1.86 bits per heavy atom. The summed E-state index contributed by atoms with van der Waals surface area (Å²) in [7, 11) is 0. The van der Waals surface area contributed by atoms with E-state index in [-0.39, 0.29) is 5.92 Å². The summed E-state index contributed by atoms with van der Waals surface area (Å²) in [6.45, 7) is 8.40. The van der Waals surface area contributed by atoms with Crippen LogP contribution in [0.15, 0.2) is 12.5 Å². The number of piperidine rings is 2. The van der Waals surface area contributed by atoms with Crippen molar-refractivity contribution in [2.24, 2.45) is 5.92 Å². The third-order valence-electron chi connectivity index (χ3n) is 6.78. The van der Waals surface area contributed by atoms with Crippen LogP contribution in [0.3, 0.4) is 0 Å². The van der Waals surface area contributed by atoms with Gasteiger partial charge in [-0.25, -0.2) is 9.97 Å². The minimum absolute atomic E-state index is 0.225. The first-order chi connectivity index (χ1) is 13.8. The van der Waals surface area contributed by atoms with Gasteiger partial charge in [-0.05, 0) is 51.5 Å². The first kappa shape index (κ1) is 19.6. The first-order valence-electron chi connectivity index (χ1n) is 11.3. The molecule has 0 N–H and O–H groups in total. The highest BCUT2D eigenvalue weighted by Gasteiger charge is 2.34. The van der Waals surface area contributed by atoms with Crippen molar-refractivity contribution in [2.75, 3.05) is 44.2 Å². The number of carbonyl (C=O) groups is 1. The van der Waals surface area contributed by atoms with E-state index in [0.717, 1.165) is 70.8 Å². The number of aryl methyl sites for hydroxylation is 1. The quantitative estimate of drug-likeness (QED) is 0.780. The molecule has 6 heteroatoms. The SMILES string of the molecule is CCCc1cncnc1N1CCC(N2CCC[C@H](C(=O)N3CCCC3)C2)CC1. The van der Waals surface area contributed by atoms with Crippen molar-refractivity contribution >= 4 is 11.7 Å². The Morgan fingerprint density at radius 3 is 2.61 bits per heavy atom. The monoisotopic (exact) mass is 385 g/mol. The number of aromatic nitrogens is 2. The molecule has 3 fully saturated rings. The number of likely N-dealkylation sites (tertiary alicyclic amines) is 2. The van der Waals surface area contributed by atoms with Gasteiger partial charge in [0.05, 0.1) is 5.92 Å². The summed E-state index contributed by atoms with van der Waals surface area (Å²) < 4.78 is 0. The van der Waals surface area contributed by atoms with Gasteiger partial charge in [0.1, 0.15) is 12.1 Å². The lowest BCUT2D eigenvalue weighted by Gasteiger charge is -2.43. The number of hydrogen-bond donors (Lipinski definition) is 0. The van der Waals surface area contributed by atoms with Crippen LogP contribution in [0.1, 0.15) is 57.4 Å². The Morgan fingerprint density at radius 1 is 1.07 bits per heavy atom. The van der Waals surface area contributed by atoms with Gasteiger partial charge in [-0.2, -0.15) is 0 Å². The molecule has 3 aliphatic heterocycles. The van der Waals surface area contributed by atoms with E-state index in [0.29, 0.717) is 11.9 Å². The first-order valence-corrected chi connectivity index (χ1v) is 11.3. The lowest BCUT2D eigenvalue weighted by Crippen LogP contribution is -2.51. The van der Waals surface area contributed by atoms with Crippen LogP contribution in [0.2, 0.25) is 0 Å². The summed E-state index contributed by atoms with van der Waals surface area (Å²) in [5, 5.41) is 0. The van der Waals surface area contributed by atoms with Crippen molar-refractivity contribution in [1.82, 2.24) is 19.8 Å². The summed E-state index contributed by atoms with van der Waals surface area (Å²) in [4.78, 5) is 28.8. The molecule has 4 rings (SSSR count). The highest BCUT2D eigenvalue weighted by atomic mass is 16.2. The second-order valence-corrected chi connectivity index (χ2v) is 8.71. The number of carbonyl (C=O) groups excluding carboxylic acids is 1. The van der Waals surface area contributed by atoms with Gasteiger partial charge in [-0.15, -0.1) is 0 Å². The molecule has 0 radical (unpaired) electrons. The van der Waals surface area contributed by atoms with Crippen molar-refractivity contribution in [3.05, 3.63) is 18.1 Å². The van der Waals surface area contributed by atoms with Gasteiger partial charge >= 0.3 is 0 Å². The predicted octanol–water partition coefficient (Wildman–Crippen LogP) is 2.73. The molecular formula is C22H35N5O. The lowest BCUT2D eigenvalue weighted by atomic mass is 9.93. The van der Waals surface area contributed by atoms with Gasteiger partial charge < -0.3 is 9.80 Å². The number of hydrogen-bond acceptors (Lipinski definition) is 5. The molecule has 0 aromatic carbocycles. The molecule has 3 saturated heterocycles. The van der Waals surface area contributed by atoms with E-state index in [1.807, 2.05) is 6.20 Å². The zero-order chi connectivity index (χ0) is 19.3. The van der Waals surface area contributed by atoms with E-state index in [4.69, 9.17) is 0 Å². The summed E-state index contributed by atoms with van der Waals surface area (Å²) >= 11 is 0. The van der Waals surface area contributed by atoms with Gasteiger partial charge in [-0.3, -0.25) is 9.69 Å². The second-order valence-electron chi connectivity index (χ2n) is 8.71. The van der Waals surface area contributed by atoms with Crippen LogP contribution < -0.4 is 4.90 Å². The molecule has 1 aromatic rings. The molecule has 1 amide bonds. The molecule has 0 aliphatic carbocycles. The Hall–Kier alpha value is -1.69. The Balaban J connectivity index is 1.33. The van der Waals surface area contributed by atoms with Crippen LogP contribution in [0.4, 0.5) is 5.82 Å². The Bertz CT molecular complexity index is 652. The van der Waals surface area contributed by atoms with E-state index in [2.05, 4.69) is 31.6 Å². The summed E-state index contributed by atoms with van der Waals surface area (Å²) in [5.74, 6) is 1.78. The topological polar surface area (TPSA) is 52.6 Å². The van der Waals surface area contributed by atoms with Gasteiger partial charge in [0.15, 0.2) is 0 Å². The molecule has 0 bridgehead atoms. The maximum Gasteiger partial charge on any atom is 0.226 e. The van der Waals surface area contributed by atoms with Gasteiger partial charge in [-0.1, -0.05) is 13.3 Å². The number of anilines is 1. The smallest absolute Gasteiger partial charge is 0.226 e. The largest absolute Gasteiger partial charge is 0.356 e. The zero-order valence-corrected chi connectivity index (χ0v) is 17.4. The molecule has 6 nitrogen and oxygen atoms in total. The highest BCUT2D eigenvalue weighted by molar-refractivity contribution is 5.79. The van der Waals surface area contributed by atoms with E-state index in [1.54, 1.807) is 6.33 Å². The van der Waals surface area contributed by atoms with Crippen LogP contribution in [-0.2, 0) is 11.2 Å². The molecule has 28 heavy (non-hydrogen) atoms. The molecule has 3 aliphatic rings. The van der Waals surface area contributed by atoms with E-state index in [1.165, 1.54) is 31.2 Å². The Kier molecular flexibility index (Phi) is 6.45. The number of amides is 1. The van der Waals surface area contributed by atoms with Crippen LogP contribution in [-0.4, -0.2) is 71.0 Å². The molecule has 4 heterocycles. The zero-order valence-electron chi connectivity index (χ0n) is 17.4. The summed E-state index contributed by atoms with van der Waals surface area (Å²) in [6.07, 6.45) is 12.8. The van der Waals surface area contributed by atoms with E-state index >= 15 is 0 Å². The van der Waals surface area contributed by atoms with Gasteiger partial charge in [0.25, 0.3) is 0 Å². The Labute approximate surface area is 169 Å². The van der Waals surface area contributed by atoms with Crippen LogP contribution in [0, 0.1) is 5.92 Å². The van der Waals surface area contributed by atoms with Crippen LogP contribution in [0.5, 0.6) is 0 Å². The van der Waals surface area contributed by atoms with Crippen LogP contribution >= 0.6 is 0 Å². The van der Waals surface area contributed by atoms with Crippen LogP contribution in [0.25, 0.3) is 0 Å². The van der Waals surface area contributed by atoms with Gasteiger partial charge in [0, 0.05) is 50.5 Å². The van der Waals surface area contributed by atoms with Crippen molar-refractivity contribution < 1.29 is 4.79 Å². The fourth-order valence-corrected chi connectivity index (χ4v) is 5.26. The number of nitrogens with zero attached hydrogens (tertiary/aromatic N) is 5. The van der Waals surface area contributed by atoms with Crippen molar-refractivity contribution in [3.8, 4) is 0 Å². The third kappa shape index (κ3) is 4.32. The highest BCUT2D eigenvalue weighted by Crippen LogP contribution is 2.28. The second kappa shape index (κ2) is 9.21. The normalized spacial score (nSPS) is 24.7. The molecule has 1 aromatic heterocycles. The number of rotatable bonds is 5. The molecule has 1 atom stereocenters. The summed E-state index contributed by atoms with van der Waals surface area (Å²) in [6, 6.07) is 0.613. The maximum absolute atomic E-state index is 12.8. The van der Waals surface area contributed by atoms with Crippen molar-refractivity contribution in [1.29, 1.82) is 0 Å². The maximum atomic E-state index is 12.8. The fraction of sp³-hybridized carbons (Fsp3) is 0.773.